The number of benzene rings is 1. The van der Waals surface area contributed by atoms with Crippen molar-refractivity contribution >= 4 is 16.9 Å². The van der Waals surface area contributed by atoms with Gasteiger partial charge in [0.15, 0.2) is 0 Å². The first-order valence-electron chi connectivity index (χ1n) is 5.59. The lowest BCUT2D eigenvalue weighted by molar-refractivity contribution is -0.138. The lowest BCUT2D eigenvalue weighted by Crippen LogP contribution is -2.32. The van der Waals surface area contributed by atoms with Crippen molar-refractivity contribution in [3.63, 3.8) is 0 Å². The average Bonchev–Trinajstić information content (AvgIpc) is 2.64. The fourth-order valence-electron chi connectivity index (χ4n) is 2.05. The number of rotatable bonds is 3. The van der Waals surface area contributed by atoms with Gasteiger partial charge in [0.05, 0.1) is 0 Å². The van der Waals surface area contributed by atoms with E-state index in [2.05, 4.69) is 10.9 Å². The van der Waals surface area contributed by atoms with Crippen LogP contribution in [0.3, 0.4) is 0 Å². The van der Waals surface area contributed by atoms with Gasteiger partial charge in [-0.15, -0.1) is 6.42 Å². The zero-order valence-corrected chi connectivity index (χ0v) is 10.0. The number of carboxylic acid groups (broad SMARTS) is 1. The minimum absolute atomic E-state index is 0.302. The summed E-state index contributed by atoms with van der Waals surface area (Å²) < 4.78 is 0. The van der Waals surface area contributed by atoms with E-state index in [9.17, 15) is 4.79 Å². The molecule has 0 saturated carbocycles. The van der Waals surface area contributed by atoms with E-state index in [1.807, 2.05) is 25.1 Å². The molecule has 1 unspecified atom stereocenters. The van der Waals surface area contributed by atoms with E-state index in [1.165, 1.54) is 0 Å². The smallest absolute Gasteiger partial charge is 0.320 e. The highest BCUT2D eigenvalue weighted by Crippen LogP contribution is 2.24. The molecule has 18 heavy (non-hydrogen) atoms. The second-order valence-corrected chi connectivity index (χ2v) is 4.28. The van der Waals surface area contributed by atoms with Gasteiger partial charge in [-0.3, -0.25) is 4.79 Å². The Labute approximate surface area is 105 Å². The summed E-state index contributed by atoms with van der Waals surface area (Å²) in [7, 11) is 0. The third-order valence-electron chi connectivity index (χ3n) is 3.03. The molecule has 92 valence electrons. The van der Waals surface area contributed by atoms with Crippen LogP contribution in [0.5, 0.6) is 0 Å². The van der Waals surface area contributed by atoms with Crippen molar-refractivity contribution in [2.24, 2.45) is 5.73 Å². The summed E-state index contributed by atoms with van der Waals surface area (Å²) in [5.41, 5.74) is 9.14. The molecular formula is C14H14N2O2. The molecular weight excluding hydrogens is 228 g/mol. The lowest BCUT2D eigenvalue weighted by Gasteiger charge is -2.06. The third-order valence-corrected chi connectivity index (χ3v) is 3.03. The Morgan fingerprint density at radius 3 is 2.94 bits per heavy atom. The summed E-state index contributed by atoms with van der Waals surface area (Å²) >= 11 is 0. The van der Waals surface area contributed by atoms with Crippen molar-refractivity contribution in [1.29, 1.82) is 0 Å². The van der Waals surface area contributed by atoms with Gasteiger partial charge in [0.1, 0.15) is 6.04 Å². The molecule has 1 heterocycles. The molecule has 0 amide bonds. The van der Waals surface area contributed by atoms with Crippen LogP contribution < -0.4 is 5.73 Å². The van der Waals surface area contributed by atoms with E-state index in [1.54, 1.807) is 0 Å². The molecule has 1 aromatic carbocycles. The molecule has 1 atom stereocenters. The van der Waals surface area contributed by atoms with Crippen LogP contribution in [-0.2, 0) is 11.2 Å². The number of fused-ring (bicyclic) bond motifs is 1. The van der Waals surface area contributed by atoms with Gasteiger partial charge >= 0.3 is 5.97 Å². The molecule has 2 aromatic rings. The number of aromatic nitrogens is 1. The number of nitrogens with one attached hydrogen (secondary N) is 1. The second kappa shape index (κ2) is 4.55. The van der Waals surface area contributed by atoms with Gasteiger partial charge in [0.2, 0.25) is 0 Å². The Hall–Kier alpha value is -2.25. The Bertz CT molecular complexity index is 650. The van der Waals surface area contributed by atoms with Crippen molar-refractivity contribution in [2.45, 2.75) is 19.4 Å². The minimum atomic E-state index is -0.996. The minimum Gasteiger partial charge on any atom is -0.480 e. The average molecular weight is 242 g/mol. The van der Waals surface area contributed by atoms with Gasteiger partial charge < -0.3 is 15.8 Å². The maximum atomic E-state index is 10.8. The molecule has 0 fully saturated rings. The largest absolute Gasteiger partial charge is 0.480 e. The third kappa shape index (κ3) is 2.08. The van der Waals surface area contributed by atoms with Gasteiger partial charge in [-0.1, -0.05) is 12.0 Å². The molecule has 0 bridgehead atoms. The molecule has 0 aliphatic carbocycles. The molecule has 4 nitrogen and oxygen atoms in total. The molecule has 0 aliphatic heterocycles. The second-order valence-electron chi connectivity index (χ2n) is 4.28. The Balaban J connectivity index is 2.48. The van der Waals surface area contributed by atoms with Crippen LogP contribution in [0.25, 0.3) is 10.9 Å². The summed E-state index contributed by atoms with van der Waals surface area (Å²) in [5, 5.41) is 9.84. The van der Waals surface area contributed by atoms with E-state index < -0.39 is 12.0 Å². The van der Waals surface area contributed by atoms with Crippen LogP contribution in [0.1, 0.15) is 16.8 Å². The highest BCUT2D eigenvalue weighted by Gasteiger charge is 2.17. The predicted octanol–water partition coefficient (Wildman–Crippen LogP) is 1.41. The first kappa shape index (κ1) is 12.2. The number of aryl methyl sites for hydroxylation is 1. The quantitative estimate of drug-likeness (QED) is 0.712. The maximum absolute atomic E-state index is 10.8. The topological polar surface area (TPSA) is 79.1 Å². The summed E-state index contributed by atoms with van der Waals surface area (Å²) in [4.78, 5) is 14.0. The standard InChI is InChI=1S/C14H14N2O2/c1-3-9-4-5-10-11(7-12(15)14(17)18)8(2)16-13(10)6-9/h1,4-6,12,16H,7,15H2,2H3,(H,17,18). The first-order valence-corrected chi connectivity index (χ1v) is 5.59. The summed E-state index contributed by atoms with van der Waals surface area (Å²) in [6, 6.07) is 4.72. The number of carbonyl (C=O) groups is 1. The molecule has 4 N–H and O–H groups in total. The van der Waals surface area contributed by atoms with Crippen LogP contribution in [0.15, 0.2) is 18.2 Å². The normalized spacial score (nSPS) is 12.3. The van der Waals surface area contributed by atoms with Crippen molar-refractivity contribution in [1.82, 2.24) is 4.98 Å². The number of aromatic amines is 1. The Morgan fingerprint density at radius 1 is 1.61 bits per heavy atom. The molecule has 0 saturated heterocycles. The van der Waals surface area contributed by atoms with Crippen molar-refractivity contribution < 1.29 is 9.90 Å². The zero-order valence-electron chi connectivity index (χ0n) is 10.0. The number of hydrogen-bond acceptors (Lipinski definition) is 2. The van der Waals surface area contributed by atoms with Crippen molar-refractivity contribution in [3.05, 3.63) is 35.0 Å². The monoisotopic (exact) mass is 242 g/mol. The molecule has 1 aromatic heterocycles. The molecule has 4 heteroatoms. The van der Waals surface area contributed by atoms with Crippen molar-refractivity contribution in [2.75, 3.05) is 0 Å². The van der Waals surface area contributed by atoms with Crippen LogP contribution in [0.4, 0.5) is 0 Å². The van der Waals surface area contributed by atoms with E-state index in [0.717, 1.165) is 27.7 Å². The maximum Gasteiger partial charge on any atom is 0.320 e. The molecule has 0 aliphatic rings. The summed E-state index contributed by atoms with van der Waals surface area (Å²) in [6.45, 7) is 1.90. The van der Waals surface area contributed by atoms with Gasteiger partial charge in [-0.05, 0) is 24.6 Å². The van der Waals surface area contributed by atoms with Crippen LogP contribution in [-0.4, -0.2) is 22.1 Å². The van der Waals surface area contributed by atoms with E-state index in [0.29, 0.717) is 6.42 Å². The van der Waals surface area contributed by atoms with E-state index in [4.69, 9.17) is 17.3 Å². The van der Waals surface area contributed by atoms with Crippen LogP contribution in [0, 0.1) is 19.3 Å². The zero-order chi connectivity index (χ0) is 13.3. The molecule has 0 radical (unpaired) electrons. The SMILES string of the molecule is C#Cc1ccc2c(CC(N)C(=O)O)c(C)[nH]c2c1. The summed E-state index contributed by atoms with van der Waals surface area (Å²) in [6.07, 6.45) is 5.65. The predicted molar refractivity (Wildman–Crippen MR) is 70.3 cm³/mol. The molecule has 2 rings (SSSR count). The fourth-order valence-corrected chi connectivity index (χ4v) is 2.05. The lowest BCUT2D eigenvalue weighted by atomic mass is 10.0. The van der Waals surface area contributed by atoms with Gasteiger partial charge in [-0.2, -0.15) is 0 Å². The van der Waals surface area contributed by atoms with E-state index >= 15 is 0 Å². The van der Waals surface area contributed by atoms with Crippen LogP contribution >= 0.6 is 0 Å². The van der Waals surface area contributed by atoms with Gasteiger partial charge in [0.25, 0.3) is 0 Å². The van der Waals surface area contributed by atoms with E-state index in [-0.39, 0.29) is 0 Å². The number of terminal acetylenes is 1. The van der Waals surface area contributed by atoms with Crippen LogP contribution in [0.2, 0.25) is 0 Å². The highest BCUT2D eigenvalue weighted by atomic mass is 16.4. The Morgan fingerprint density at radius 2 is 2.33 bits per heavy atom. The Kier molecular flexibility index (Phi) is 3.09. The van der Waals surface area contributed by atoms with Gasteiger partial charge in [-0.25, -0.2) is 0 Å². The van der Waals surface area contributed by atoms with Crippen molar-refractivity contribution in [3.8, 4) is 12.3 Å². The number of H-pyrrole nitrogens is 1. The number of hydrogen-bond donors (Lipinski definition) is 3. The first-order chi connectivity index (χ1) is 8.52. The summed E-state index contributed by atoms with van der Waals surface area (Å²) in [5.74, 6) is 1.57. The van der Waals surface area contributed by atoms with Gasteiger partial charge in [0, 0.05) is 28.6 Å². The number of aliphatic carboxylic acids is 1. The fraction of sp³-hybridized carbons (Fsp3) is 0.214. The highest BCUT2D eigenvalue weighted by molar-refractivity contribution is 5.86. The number of nitrogens with two attached hydrogens (primary N) is 1. The number of carboxylic acids is 1. The molecule has 0 spiro atoms.